The first-order valence-electron chi connectivity index (χ1n) is 6.54. The van der Waals surface area contributed by atoms with Crippen molar-refractivity contribution >= 4 is 11.6 Å². The van der Waals surface area contributed by atoms with Crippen molar-refractivity contribution < 1.29 is 17.9 Å². The molecule has 6 nitrogen and oxygen atoms in total. The van der Waals surface area contributed by atoms with E-state index in [0.29, 0.717) is 43.6 Å². The average molecular weight is 305 g/mol. The van der Waals surface area contributed by atoms with Crippen LogP contribution < -0.4 is 10.6 Å². The Balaban J connectivity index is 1.98. The molecule has 0 bridgehead atoms. The molecule has 0 atom stereocenters. The molecule has 0 aromatic carbocycles. The van der Waals surface area contributed by atoms with Gasteiger partial charge in [0.2, 0.25) is 0 Å². The van der Waals surface area contributed by atoms with E-state index >= 15 is 0 Å². The van der Waals surface area contributed by atoms with Crippen LogP contribution in [0.5, 0.6) is 0 Å². The molecule has 2 rings (SSSR count). The van der Waals surface area contributed by atoms with E-state index in [9.17, 15) is 13.2 Å². The molecule has 0 aliphatic carbocycles. The van der Waals surface area contributed by atoms with Gasteiger partial charge in [0.25, 0.3) is 0 Å². The molecule has 2 heterocycles. The number of alkyl halides is 3. The number of rotatable bonds is 4. The van der Waals surface area contributed by atoms with E-state index in [-0.39, 0.29) is 6.61 Å². The van der Waals surface area contributed by atoms with Gasteiger partial charge in [0.05, 0.1) is 6.54 Å². The summed E-state index contributed by atoms with van der Waals surface area (Å²) < 4.78 is 42.0. The zero-order valence-corrected chi connectivity index (χ0v) is 11.7. The molecular weight excluding hydrogens is 287 g/mol. The highest BCUT2D eigenvalue weighted by Gasteiger charge is 2.32. The number of aromatic nitrogens is 2. The summed E-state index contributed by atoms with van der Waals surface area (Å²) in [4.78, 5) is 11.6. The van der Waals surface area contributed by atoms with Crippen molar-refractivity contribution in [1.82, 2.24) is 14.9 Å². The summed E-state index contributed by atoms with van der Waals surface area (Å²) >= 11 is 0. The minimum Gasteiger partial charge on any atom is -0.384 e. The molecule has 1 aromatic heterocycles. The molecule has 1 aromatic rings. The molecule has 0 saturated carbocycles. The standard InChI is InChI=1S/C12H18F3N5O/c1-21-7-10-17-9(16)6-11(18-10)20-4-2-19(3-5-20)8-12(13,14)15/h6H,2-5,7-8H2,1H3,(H2,16,17,18). The van der Waals surface area contributed by atoms with Gasteiger partial charge in [-0.3, -0.25) is 4.90 Å². The lowest BCUT2D eigenvalue weighted by atomic mass is 10.3. The minimum absolute atomic E-state index is 0.242. The number of nitrogens with zero attached hydrogens (tertiary/aromatic N) is 4. The van der Waals surface area contributed by atoms with E-state index < -0.39 is 12.7 Å². The molecule has 0 amide bonds. The largest absolute Gasteiger partial charge is 0.401 e. The third kappa shape index (κ3) is 4.71. The molecular formula is C12H18F3N5O. The van der Waals surface area contributed by atoms with Crippen LogP contribution in [-0.4, -0.2) is 60.9 Å². The lowest BCUT2D eigenvalue weighted by Crippen LogP contribution is -2.49. The van der Waals surface area contributed by atoms with Crippen molar-refractivity contribution in [2.75, 3.05) is 50.5 Å². The van der Waals surface area contributed by atoms with Gasteiger partial charge >= 0.3 is 6.18 Å². The maximum Gasteiger partial charge on any atom is 0.401 e. The fraction of sp³-hybridized carbons (Fsp3) is 0.667. The molecule has 0 radical (unpaired) electrons. The van der Waals surface area contributed by atoms with Gasteiger partial charge in [-0.2, -0.15) is 13.2 Å². The number of halogens is 3. The van der Waals surface area contributed by atoms with E-state index in [1.807, 2.05) is 4.90 Å². The predicted molar refractivity (Wildman–Crippen MR) is 71.9 cm³/mol. The summed E-state index contributed by atoms with van der Waals surface area (Å²) in [6.45, 7) is 0.984. The number of methoxy groups -OCH3 is 1. The van der Waals surface area contributed by atoms with Crippen LogP contribution in [0.2, 0.25) is 0 Å². The summed E-state index contributed by atoms with van der Waals surface area (Å²) in [5, 5.41) is 0. The van der Waals surface area contributed by atoms with Crippen molar-refractivity contribution in [3.63, 3.8) is 0 Å². The topological polar surface area (TPSA) is 67.5 Å². The molecule has 2 N–H and O–H groups in total. The Morgan fingerprint density at radius 3 is 2.48 bits per heavy atom. The van der Waals surface area contributed by atoms with Crippen LogP contribution in [0.1, 0.15) is 5.82 Å². The molecule has 118 valence electrons. The zero-order chi connectivity index (χ0) is 15.5. The van der Waals surface area contributed by atoms with Crippen LogP contribution in [0.3, 0.4) is 0 Å². The Bertz CT molecular complexity index is 474. The summed E-state index contributed by atoms with van der Waals surface area (Å²) in [7, 11) is 1.53. The molecule has 1 aliphatic rings. The second-order valence-electron chi connectivity index (χ2n) is 4.88. The van der Waals surface area contributed by atoms with E-state index in [2.05, 4.69) is 9.97 Å². The fourth-order valence-electron chi connectivity index (χ4n) is 2.25. The Hall–Kier alpha value is -1.61. The Kier molecular flexibility index (Phi) is 4.84. The van der Waals surface area contributed by atoms with Crippen LogP contribution in [0.25, 0.3) is 0 Å². The fourth-order valence-corrected chi connectivity index (χ4v) is 2.25. The lowest BCUT2D eigenvalue weighted by molar-refractivity contribution is -0.146. The molecule has 1 fully saturated rings. The monoisotopic (exact) mass is 305 g/mol. The number of hydrogen-bond acceptors (Lipinski definition) is 6. The quantitative estimate of drug-likeness (QED) is 0.891. The van der Waals surface area contributed by atoms with Gasteiger partial charge in [0, 0.05) is 39.4 Å². The highest BCUT2D eigenvalue weighted by atomic mass is 19.4. The molecule has 0 unspecified atom stereocenters. The number of nitrogen functional groups attached to an aromatic ring is 1. The van der Waals surface area contributed by atoms with Crippen molar-refractivity contribution in [3.8, 4) is 0 Å². The molecule has 9 heteroatoms. The maximum atomic E-state index is 12.3. The Morgan fingerprint density at radius 1 is 1.24 bits per heavy atom. The maximum absolute atomic E-state index is 12.3. The van der Waals surface area contributed by atoms with Crippen LogP contribution in [-0.2, 0) is 11.3 Å². The summed E-state index contributed by atoms with van der Waals surface area (Å²) in [5.74, 6) is 1.41. The molecule has 1 aliphatic heterocycles. The van der Waals surface area contributed by atoms with Crippen LogP contribution >= 0.6 is 0 Å². The van der Waals surface area contributed by atoms with E-state index in [0.717, 1.165) is 0 Å². The van der Waals surface area contributed by atoms with E-state index in [4.69, 9.17) is 10.5 Å². The molecule has 0 spiro atoms. The number of nitrogens with two attached hydrogens (primary N) is 1. The number of ether oxygens (including phenoxy) is 1. The van der Waals surface area contributed by atoms with Gasteiger partial charge in [-0.1, -0.05) is 0 Å². The second-order valence-corrected chi connectivity index (χ2v) is 4.88. The zero-order valence-electron chi connectivity index (χ0n) is 11.7. The highest BCUT2D eigenvalue weighted by molar-refractivity contribution is 5.47. The second kappa shape index (κ2) is 6.44. The SMILES string of the molecule is COCc1nc(N)cc(N2CCN(CC(F)(F)F)CC2)n1. The first-order chi connectivity index (χ1) is 9.87. The normalized spacial score (nSPS) is 17.2. The molecule has 21 heavy (non-hydrogen) atoms. The first-order valence-corrected chi connectivity index (χ1v) is 6.54. The lowest BCUT2D eigenvalue weighted by Gasteiger charge is -2.35. The van der Waals surface area contributed by atoms with E-state index in [1.165, 1.54) is 12.0 Å². The van der Waals surface area contributed by atoms with Crippen LogP contribution in [0, 0.1) is 0 Å². The van der Waals surface area contributed by atoms with Crippen LogP contribution in [0.15, 0.2) is 6.07 Å². The van der Waals surface area contributed by atoms with Gasteiger partial charge in [-0.25, -0.2) is 9.97 Å². The van der Waals surface area contributed by atoms with Crippen molar-refractivity contribution in [2.45, 2.75) is 12.8 Å². The average Bonchev–Trinajstić information content (AvgIpc) is 2.37. The third-order valence-corrected chi connectivity index (χ3v) is 3.15. The highest BCUT2D eigenvalue weighted by Crippen LogP contribution is 2.20. The Morgan fingerprint density at radius 2 is 1.90 bits per heavy atom. The smallest absolute Gasteiger partial charge is 0.384 e. The van der Waals surface area contributed by atoms with Gasteiger partial charge < -0.3 is 15.4 Å². The van der Waals surface area contributed by atoms with Gasteiger partial charge in [-0.05, 0) is 0 Å². The summed E-state index contributed by atoms with van der Waals surface area (Å²) in [6, 6.07) is 1.62. The van der Waals surface area contributed by atoms with Gasteiger partial charge in [-0.15, -0.1) is 0 Å². The third-order valence-electron chi connectivity index (χ3n) is 3.15. The molecule has 1 saturated heterocycles. The van der Waals surface area contributed by atoms with Gasteiger partial charge in [0.15, 0.2) is 5.82 Å². The minimum atomic E-state index is -4.16. The number of piperazine rings is 1. The van der Waals surface area contributed by atoms with Crippen molar-refractivity contribution in [1.29, 1.82) is 0 Å². The van der Waals surface area contributed by atoms with Crippen molar-refractivity contribution in [3.05, 3.63) is 11.9 Å². The van der Waals surface area contributed by atoms with Gasteiger partial charge in [0.1, 0.15) is 18.2 Å². The van der Waals surface area contributed by atoms with Crippen molar-refractivity contribution in [2.24, 2.45) is 0 Å². The Labute approximate surface area is 120 Å². The van der Waals surface area contributed by atoms with E-state index in [1.54, 1.807) is 6.07 Å². The summed E-state index contributed by atoms with van der Waals surface area (Å²) in [5.41, 5.74) is 5.71. The number of hydrogen-bond donors (Lipinski definition) is 1. The predicted octanol–water partition coefficient (Wildman–Crippen LogP) is 0.890. The first kappa shape index (κ1) is 15.8. The van der Waals surface area contributed by atoms with Crippen LogP contribution in [0.4, 0.5) is 24.8 Å². The summed E-state index contributed by atoms with van der Waals surface area (Å²) in [6.07, 6.45) is -4.16. The number of anilines is 2.